The zero-order valence-corrected chi connectivity index (χ0v) is 16.7. The standard InChI is InChI=1S/C21H25N3O5/c1-4-29-17-8-6-5-7-16(17)14-23-24-21(26)20(25)22-12-11-15-9-10-18(27-2)19(13-15)28-3/h5-10,13-14H,4,11-12H2,1-3H3,(H,22,25)(H,24,26)/b23-14-. The first-order valence-electron chi connectivity index (χ1n) is 9.13. The number of carbonyl (C=O) groups excluding carboxylic acids is 2. The molecule has 0 saturated carbocycles. The molecule has 8 heteroatoms. The van der Waals surface area contributed by atoms with Crippen LogP contribution in [0, 0.1) is 0 Å². The monoisotopic (exact) mass is 399 g/mol. The molecule has 2 rings (SSSR count). The Morgan fingerprint density at radius 1 is 1.00 bits per heavy atom. The van der Waals surface area contributed by atoms with Gasteiger partial charge in [-0.15, -0.1) is 0 Å². The van der Waals surface area contributed by atoms with E-state index >= 15 is 0 Å². The van der Waals surface area contributed by atoms with Gasteiger partial charge in [0.25, 0.3) is 0 Å². The minimum absolute atomic E-state index is 0.290. The molecule has 0 aliphatic heterocycles. The summed E-state index contributed by atoms with van der Waals surface area (Å²) in [5.74, 6) is 0.273. The lowest BCUT2D eigenvalue weighted by molar-refractivity contribution is -0.139. The van der Waals surface area contributed by atoms with Gasteiger partial charge in [0.1, 0.15) is 5.75 Å². The fraction of sp³-hybridized carbons (Fsp3) is 0.286. The van der Waals surface area contributed by atoms with Crippen LogP contribution in [0.25, 0.3) is 0 Å². The fourth-order valence-corrected chi connectivity index (χ4v) is 2.52. The highest BCUT2D eigenvalue weighted by atomic mass is 16.5. The second-order valence-electron chi connectivity index (χ2n) is 5.87. The molecule has 0 bridgehead atoms. The number of methoxy groups -OCH3 is 2. The van der Waals surface area contributed by atoms with Gasteiger partial charge in [-0.25, -0.2) is 5.43 Å². The van der Waals surface area contributed by atoms with Crippen molar-refractivity contribution in [1.82, 2.24) is 10.7 Å². The Morgan fingerprint density at radius 2 is 1.76 bits per heavy atom. The van der Waals surface area contributed by atoms with Crippen molar-refractivity contribution in [1.29, 1.82) is 0 Å². The van der Waals surface area contributed by atoms with E-state index in [1.54, 1.807) is 32.4 Å². The third-order valence-electron chi connectivity index (χ3n) is 3.94. The van der Waals surface area contributed by atoms with E-state index in [-0.39, 0.29) is 0 Å². The topological polar surface area (TPSA) is 98.2 Å². The first-order chi connectivity index (χ1) is 14.1. The van der Waals surface area contributed by atoms with Crippen LogP contribution in [0.2, 0.25) is 0 Å². The van der Waals surface area contributed by atoms with Crippen molar-refractivity contribution in [2.24, 2.45) is 5.10 Å². The second kappa shape index (κ2) is 11.3. The summed E-state index contributed by atoms with van der Waals surface area (Å²) in [6.45, 7) is 2.68. The lowest BCUT2D eigenvalue weighted by Crippen LogP contribution is -2.38. The van der Waals surface area contributed by atoms with Crippen molar-refractivity contribution in [3.8, 4) is 17.2 Å². The Hall–Kier alpha value is -3.55. The van der Waals surface area contributed by atoms with E-state index < -0.39 is 11.8 Å². The normalized spacial score (nSPS) is 10.4. The van der Waals surface area contributed by atoms with Crippen LogP contribution in [0.15, 0.2) is 47.6 Å². The van der Waals surface area contributed by atoms with Crippen LogP contribution in [-0.4, -0.2) is 45.4 Å². The molecular formula is C21H25N3O5. The van der Waals surface area contributed by atoms with E-state index in [0.717, 1.165) is 5.56 Å². The molecule has 0 fully saturated rings. The van der Waals surface area contributed by atoms with Crippen molar-refractivity contribution < 1.29 is 23.8 Å². The highest BCUT2D eigenvalue weighted by Crippen LogP contribution is 2.27. The fourth-order valence-electron chi connectivity index (χ4n) is 2.52. The Bertz CT molecular complexity index is 867. The number of hydrogen-bond acceptors (Lipinski definition) is 6. The number of benzene rings is 2. The van der Waals surface area contributed by atoms with Crippen LogP contribution >= 0.6 is 0 Å². The van der Waals surface area contributed by atoms with Gasteiger partial charge in [-0.1, -0.05) is 18.2 Å². The maximum absolute atomic E-state index is 11.9. The molecule has 0 aliphatic rings. The molecule has 0 unspecified atom stereocenters. The van der Waals surface area contributed by atoms with Gasteiger partial charge in [0.05, 0.1) is 27.0 Å². The number of nitrogens with one attached hydrogen (secondary N) is 2. The molecule has 0 heterocycles. The molecule has 154 valence electrons. The summed E-state index contributed by atoms with van der Waals surface area (Å²) in [6.07, 6.45) is 1.96. The minimum Gasteiger partial charge on any atom is -0.493 e. The summed E-state index contributed by atoms with van der Waals surface area (Å²) in [5, 5.41) is 6.37. The lowest BCUT2D eigenvalue weighted by Gasteiger charge is -2.10. The number of hydrazone groups is 1. The number of amides is 2. The van der Waals surface area contributed by atoms with E-state index in [2.05, 4.69) is 15.8 Å². The smallest absolute Gasteiger partial charge is 0.329 e. The molecule has 2 aromatic carbocycles. The van der Waals surface area contributed by atoms with Gasteiger partial charge >= 0.3 is 11.8 Å². The summed E-state index contributed by atoms with van der Waals surface area (Å²) in [6, 6.07) is 12.7. The van der Waals surface area contributed by atoms with Gasteiger partial charge in [0.2, 0.25) is 0 Å². The van der Waals surface area contributed by atoms with E-state index in [4.69, 9.17) is 14.2 Å². The predicted molar refractivity (Wildman–Crippen MR) is 110 cm³/mol. The third kappa shape index (κ3) is 6.53. The number of ether oxygens (including phenoxy) is 3. The van der Waals surface area contributed by atoms with Gasteiger partial charge < -0.3 is 19.5 Å². The first-order valence-corrected chi connectivity index (χ1v) is 9.13. The Balaban J connectivity index is 1.82. The first kappa shape index (κ1) is 21.7. The Labute approximate surface area is 169 Å². The molecule has 8 nitrogen and oxygen atoms in total. The Morgan fingerprint density at radius 3 is 2.48 bits per heavy atom. The Kier molecular flexibility index (Phi) is 8.50. The highest BCUT2D eigenvalue weighted by molar-refractivity contribution is 6.35. The van der Waals surface area contributed by atoms with Crippen LogP contribution in [-0.2, 0) is 16.0 Å². The molecule has 2 amide bonds. The average molecular weight is 399 g/mol. The summed E-state index contributed by atoms with van der Waals surface area (Å²) < 4.78 is 15.9. The summed E-state index contributed by atoms with van der Waals surface area (Å²) in [7, 11) is 3.12. The molecule has 0 saturated heterocycles. The SMILES string of the molecule is CCOc1ccccc1/C=N\NC(=O)C(=O)NCCc1ccc(OC)c(OC)c1. The number of carbonyl (C=O) groups is 2. The molecule has 0 aliphatic carbocycles. The summed E-state index contributed by atoms with van der Waals surface area (Å²) in [4.78, 5) is 23.8. The molecule has 0 aromatic heterocycles. The third-order valence-corrected chi connectivity index (χ3v) is 3.94. The van der Waals surface area contributed by atoms with E-state index in [1.807, 2.05) is 31.2 Å². The number of nitrogens with zero attached hydrogens (tertiary/aromatic N) is 1. The quantitative estimate of drug-likeness (QED) is 0.381. The van der Waals surface area contributed by atoms with E-state index in [1.165, 1.54) is 6.21 Å². The van der Waals surface area contributed by atoms with Gasteiger partial charge in [0.15, 0.2) is 11.5 Å². The molecule has 2 N–H and O–H groups in total. The summed E-state index contributed by atoms with van der Waals surface area (Å²) in [5.41, 5.74) is 3.85. The molecule has 0 atom stereocenters. The molecule has 2 aromatic rings. The molecule has 29 heavy (non-hydrogen) atoms. The number of rotatable bonds is 9. The van der Waals surface area contributed by atoms with E-state index in [0.29, 0.717) is 42.4 Å². The van der Waals surface area contributed by atoms with Crippen LogP contribution in [0.4, 0.5) is 0 Å². The van der Waals surface area contributed by atoms with Crippen molar-refractivity contribution in [2.45, 2.75) is 13.3 Å². The maximum Gasteiger partial charge on any atom is 0.329 e. The zero-order chi connectivity index (χ0) is 21.1. The number of para-hydroxylation sites is 1. The predicted octanol–water partition coefficient (Wildman–Crippen LogP) is 1.91. The van der Waals surface area contributed by atoms with Crippen LogP contribution in [0.3, 0.4) is 0 Å². The lowest BCUT2D eigenvalue weighted by atomic mass is 10.1. The molecular weight excluding hydrogens is 374 g/mol. The highest BCUT2D eigenvalue weighted by Gasteiger charge is 2.12. The van der Waals surface area contributed by atoms with Crippen molar-refractivity contribution in [2.75, 3.05) is 27.4 Å². The van der Waals surface area contributed by atoms with Crippen molar-refractivity contribution in [3.63, 3.8) is 0 Å². The van der Waals surface area contributed by atoms with Crippen LogP contribution < -0.4 is 25.0 Å². The zero-order valence-electron chi connectivity index (χ0n) is 16.7. The molecule has 0 spiro atoms. The van der Waals surface area contributed by atoms with Gasteiger partial charge in [-0.05, 0) is 43.2 Å². The van der Waals surface area contributed by atoms with Gasteiger partial charge in [-0.3, -0.25) is 9.59 Å². The van der Waals surface area contributed by atoms with Gasteiger partial charge in [-0.2, -0.15) is 5.10 Å². The van der Waals surface area contributed by atoms with Gasteiger partial charge in [0, 0.05) is 12.1 Å². The largest absolute Gasteiger partial charge is 0.493 e. The second-order valence-corrected chi connectivity index (χ2v) is 5.87. The van der Waals surface area contributed by atoms with Crippen LogP contribution in [0.1, 0.15) is 18.1 Å². The van der Waals surface area contributed by atoms with E-state index in [9.17, 15) is 9.59 Å². The maximum atomic E-state index is 11.9. The number of hydrogen-bond donors (Lipinski definition) is 2. The average Bonchev–Trinajstić information content (AvgIpc) is 2.74. The van der Waals surface area contributed by atoms with Crippen LogP contribution in [0.5, 0.6) is 17.2 Å². The summed E-state index contributed by atoms with van der Waals surface area (Å²) >= 11 is 0. The molecule has 0 radical (unpaired) electrons. The van der Waals surface area contributed by atoms with Crippen molar-refractivity contribution >= 4 is 18.0 Å². The van der Waals surface area contributed by atoms with Crippen molar-refractivity contribution in [3.05, 3.63) is 53.6 Å². The minimum atomic E-state index is -0.845.